The molecule has 1 aromatic carbocycles. The molecule has 1 saturated carbocycles. The largest absolute Gasteiger partial charge is 0.433 e. The number of nitrogens with zero attached hydrogens (tertiary/aromatic N) is 2. The number of alkyl halides is 3. The van der Waals surface area contributed by atoms with Crippen LogP contribution in [0.1, 0.15) is 29.7 Å². The van der Waals surface area contributed by atoms with Gasteiger partial charge in [0.05, 0.1) is 11.9 Å². The summed E-state index contributed by atoms with van der Waals surface area (Å²) >= 11 is 0. The molecule has 0 atom stereocenters. The second-order valence-electron chi connectivity index (χ2n) is 5.42. The Balaban J connectivity index is 1.97. The normalized spacial score (nSPS) is 15.4. The third-order valence-corrected chi connectivity index (χ3v) is 3.55. The SMILES string of the molecule is Cc1ccc(-n2ncc(CNC3CC3)c2C(F)(F)F)cc1. The van der Waals surface area contributed by atoms with Crippen LogP contribution in [0.4, 0.5) is 13.2 Å². The molecule has 0 amide bonds. The molecule has 1 aromatic heterocycles. The average Bonchev–Trinajstić information content (AvgIpc) is 3.14. The van der Waals surface area contributed by atoms with E-state index in [1.54, 1.807) is 24.3 Å². The lowest BCUT2D eigenvalue weighted by Gasteiger charge is -2.13. The van der Waals surface area contributed by atoms with Crippen LogP contribution in [0.3, 0.4) is 0 Å². The molecule has 0 radical (unpaired) electrons. The first kappa shape index (κ1) is 14.1. The van der Waals surface area contributed by atoms with E-state index < -0.39 is 11.9 Å². The van der Waals surface area contributed by atoms with Crippen molar-refractivity contribution in [1.29, 1.82) is 0 Å². The topological polar surface area (TPSA) is 29.9 Å². The Morgan fingerprint density at radius 3 is 2.48 bits per heavy atom. The lowest BCUT2D eigenvalue weighted by Crippen LogP contribution is -2.20. The Morgan fingerprint density at radius 1 is 1.24 bits per heavy atom. The monoisotopic (exact) mass is 295 g/mol. The highest BCUT2D eigenvalue weighted by Crippen LogP contribution is 2.34. The van der Waals surface area contributed by atoms with Gasteiger partial charge in [0.15, 0.2) is 5.69 Å². The molecule has 0 saturated heterocycles. The Morgan fingerprint density at radius 2 is 1.90 bits per heavy atom. The summed E-state index contributed by atoms with van der Waals surface area (Å²) < 4.78 is 41.1. The van der Waals surface area contributed by atoms with Gasteiger partial charge in [-0.25, -0.2) is 4.68 Å². The molecular weight excluding hydrogens is 279 g/mol. The molecule has 1 heterocycles. The zero-order chi connectivity index (χ0) is 15.0. The Kier molecular flexibility index (Phi) is 3.49. The number of hydrogen-bond donors (Lipinski definition) is 1. The summed E-state index contributed by atoms with van der Waals surface area (Å²) in [5, 5.41) is 7.04. The summed E-state index contributed by atoms with van der Waals surface area (Å²) in [7, 11) is 0. The Hall–Kier alpha value is -1.82. The quantitative estimate of drug-likeness (QED) is 0.936. The number of hydrogen-bond acceptors (Lipinski definition) is 2. The highest BCUT2D eigenvalue weighted by Gasteiger charge is 2.38. The van der Waals surface area contributed by atoms with Gasteiger partial charge in [-0.05, 0) is 31.9 Å². The van der Waals surface area contributed by atoms with Gasteiger partial charge in [-0.15, -0.1) is 0 Å². The molecule has 1 N–H and O–H groups in total. The van der Waals surface area contributed by atoms with Crippen LogP contribution in [-0.4, -0.2) is 15.8 Å². The first-order chi connectivity index (χ1) is 9.95. The van der Waals surface area contributed by atoms with Crippen molar-refractivity contribution in [3.8, 4) is 5.69 Å². The fraction of sp³-hybridized carbons (Fsp3) is 0.400. The Bertz CT molecular complexity index is 625. The minimum atomic E-state index is -4.43. The van der Waals surface area contributed by atoms with Crippen molar-refractivity contribution >= 4 is 0 Å². The highest BCUT2D eigenvalue weighted by atomic mass is 19.4. The molecule has 3 rings (SSSR count). The van der Waals surface area contributed by atoms with E-state index in [9.17, 15) is 13.2 Å². The minimum absolute atomic E-state index is 0.190. The van der Waals surface area contributed by atoms with Crippen molar-refractivity contribution in [2.75, 3.05) is 0 Å². The number of halogens is 3. The van der Waals surface area contributed by atoms with Crippen LogP contribution in [-0.2, 0) is 12.7 Å². The van der Waals surface area contributed by atoms with Crippen molar-refractivity contribution in [2.45, 2.75) is 38.5 Å². The molecule has 2 aromatic rings. The third-order valence-electron chi connectivity index (χ3n) is 3.55. The van der Waals surface area contributed by atoms with Crippen LogP contribution < -0.4 is 5.32 Å². The van der Waals surface area contributed by atoms with Gasteiger partial charge in [-0.1, -0.05) is 17.7 Å². The first-order valence-electron chi connectivity index (χ1n) is 6.89. The van der Waals surface area contributed by atoms with E-state index >= 15 is 0 Å². The summed E-state index contributed by atoms with van der Waals surface area (Å²) in [6.07, 6.45) is -1.05. The van der Waals surface area contributed by atoms with Crippen LogP contribution in [0, 0.1) is 6.92 Å². The fourth-order valence-electron chi connectivity index (χ4n) is 2.24. The molecule has 0 bridgehead atoms. The van der Waals surface area contributed by atoms with Gasteiger partial charge >= 0.3 is 6.18 Å². The van der Waals surface area contributed by atoms with E-state index in [1.807, 2.05) is 6.92 Å². The molecule has 0 spiro atoms. The summed E-state index contributed by atoms with van der Waals surface area (Å²) in [5.74, 6) is 0. The van der Waals surface area contributed by atoms with Crippen LogP contribution >= 0.6 is 0 Å². The predicted molar refractivity (Wildman–Crippen MR) is 73.2 cm³/mol. The molecule has 21 heavy (non-hydrogen) atoms. The standard InChI is InChI=1S/C15H16F3N3/c1-10-2-6-13(7-3-10)21-14(15(16,17)18)11(9-20-21)8-19-12-4-5-12/h2-3,6-7,9,12,19H,4-5,8H2,1H3. The molecule has 1 aliphatic carbocycles. The second kappa shape index (κ2) is 5.18. The van der Waals surface area contributed by atoms with Crippen molar-refractivity contribution in [3.05, 3.63) is 47.3 Å². The molecular formula is C15H16F3N3. The third kappa shape index (κ3) is 3.10. The van der Waals surface area contributed by atoms with Gasteiger partial charge in [0.1, 0.15) is 0 Å². The predicted octanol–water partition coefficient (Wildman–Crippen LogP) is 3.45. The van der Waals surface area contributed by atoms with Crippen molar-refractivity contribution < 1.29 is 13.2 Å². The zero-order valence-corrected chi connectivity index (χ0v) is 11.6. The maximum atomic E-state index is 13.4. The lowest BCUT2D eigenvalue weighted by molar-refractivity contribution is -0.143. The zero-order valence-electron chi connectivity index (χ0n) is 11.6. The molecule has 3 nitrogen and oxygen atoms in total. The molecule has 112 valence electrons. The number of benzene rings is 1. The number of aromatic nitrogens is 2. The molecule has 6 heteroatoms. The molecule has 1 aliphatic rings. The van der Waals surface area contributed by atoms with Crippen LogP contribution in [0.15, 0.2) is 30.5 Å². The number of aryl methyl sites for hydroxylation is 1. The molecule has 0 unspecified atom stereocenters. The summed E-state index contributed by atoms with van der Waals surface area (Å²) in [6.45, 7) is 2.09. The first-order valence-corrected chi connectivity index (χ1v) is 6.89. The van der Waals surface area contributed by atoms with Crippen molar-refractivity contribution in [2.24, 2.45) is 0 Å². The van der Waals surface area contributed by atoms with Gasteiger partial charge in [0, 0.05) is 18.2 Å². The second-order valence-corrected chi connectivity index (χ2v) is 5.42. The fourth-order valence-corrected chi connectivity index (χ4v) is 2.24. The van der Waals surface area contributed by atoms with Crippen molar-refractivity contribution in [1.82, 2.24) is 15.1 Å². The van der Waals surface area contributed by atoms with E-state index in [1.165, 1.54) is 6.20 Å². The highest BCUT2D eigenvalue weighted by molar-refractivity contribution is 5.38. The maximum absolute atomic E-state index is 13.4. The maximum Gasteiger partial charge on any atom is 0.433 e. The van der Waals surface area contributed by atoms with Crippen molar-refractivity contribution in [3.63, 3.8) is 0 Å². The summed E-state index contributed by atoms with van der Waals surface area (Å²) in [6, 6.07) is 7.21. The van der Waals surface area contributed by atoms with Gasteiger partial charge in [-0.2, -0.15) is 18.3 Å². The van der Waals surface area contributed by atoms with Gasteiger partial charge in [0.25, 0.3) is 0 Å². The molecule has 0 aliphatic heterocycles. The molecule has 1 fully saturated rings. The van der Waals surface area contributed by atoms with Crippen LogP contribution in [0.25, 0.3) is 5.69 Å². The summed E-state index contributed by atoms with van der Waals surface area (Å²) in [5.41, 5.74) is 0.912. The van der Waals surface area contributed by atoms with Gasteiger partial charge in [-0.3, -0.25) is 0 Å². The Labute approximate surface area is 120 Å². The van der Waals surface area contributed by atoms with Crippen LogP contribution in [0.5, 0.6) is 0 Å². The van der Waals surface area contributed by atoms with E-state index in [0.29, 0.717) is 11.7 Å². The summed E-state index contributed by atoms with van der Waals surface area (Å²) in [4.78, 5) is 0. The average molecular weight is 295 g/mol. The number of nitrogens with one attached hydrogen (secondary N) is 1. The van der Waals surface area contributed by atoms with E-state index in [0.717, 1.165) is 23.1 Å². The smallest absolute Gasteiger partial charge is 0.310 e. The van der Waals surface area contributed by atoms with E-state index in [4.69, 9.17) is 0 Å². The van der Waals surface area contributed by atoms with Gasteiger partial charge < -0.3 is 5.32 Å². The van der Waals surface area contributed by atoms with E-state index in [-0.39, 0.29) is 12.1 Å². The van der Waals surface area contributed by atoms with Crippen LogP contribution in [0.2, 0.25) is 0 Å². The van der Waals surface area contributed by atoms with E-state index in [2.05, 4.69) is 10.4 Å². The lowest BCUT2D eigenvalue weighted by atomic mass is 10.2. The number of rotatable bonds is 4. The van der Waals surface area contributed by atoms with Gasteiger partial charge in [0.2, 0.25) is 0 Å². The minimum Gasteiger partial charge on any atom is -0.310 e.